The van der Waals surface area contributed by atoms with Gasteiger partial charge < -0.3 is 10.5 Å². The molecule has 0 saturated carbocycles. The molecule has 0 spiro atoms. The van der Waals surface area contributed by atoms with Gasteiger partial charge in [0.2, 0.25) is 0 Å². The molecule has 0 bridgehead atoms. The van der Waals surface area contributed by atoms with Crippen molar-refractivity contribution in [2.75, 3.05) is 7.11 Å². The molecule has 2 unspecified atom stereocenters. The van der Waals surface area contributed by atoms with Crippen molar-refractivity contribution >= 4 is 11.6 Å². The third-order valence-electron chi connectivity index (χ3n) is 2.20. The first-order valence-corrected chi connectivity index (χ1v) is 4.67. The lowest BCUT2D eigenvalue weighted by Crippen LogP contribution is -2.26. The second-order valence-electron chi connectivity index (χ2n) is 3.13. The Morgan fingerprint density at radius 1 is 1.50 bits per heavy atom. The second-order valence-corrected chi connectivity index (χ2v) is 3.57. The Labute approximate surface area is 87.8 Å². The third-order valence-corrected chi connectivity index (χ3v) is 2.43. The van der Waals surface area contributed by atoms with Crippen LogP contribution in [-0.4, -0.2) is 13.2 Å². The van der Waals surface area contributed by atoms with Crippen LogP contribution in [0.5, 0.6) is 0 Å². The van der Waals surface area contributed by atoms with Crippen LogP contribution < -0.4 is 5.73 Å². The first kappa shape index (κ1) is 11.4. The predicted molar refractivity (Wildman–Crippen MR) is 54.8 cm³/mol. The van der Waals surface area contributed by atoms with Gasteiger partial charge in [-0.05, 0) is 19.1 Å². The summed E-state index contributed by atoms with van der Waals surface area (Å²) in [6.07, 6.45) is -0.231. The van der Waals surface area contributed by atoms with E-state index in [1.165, 1.54) is 6.07 Å². The van der Waals surface area contributed by atoms with Crippen molar-refractivity contribution in [3.63, 3.8) is 0 Å². The highest BCUT2D eigenvalue weighted by Gasteiger charge is 2.17. The van der Waals surface area contributed by atoms with Crippen LogP contribution in [0, 0.1) is 5.82 Å². The van der Waals surface area contributed by atoms with Crippen LogP contribution in [-0.2, 0) is 4.74 Å². The van der Waals surface area contributed by atoms with Gasteiger partial charge in [0.15, 0.2) is 0 Å². The molecule has 1 rings (SSSR count). The SMILES string of the molecule is COC(C)C(N)c1ccc(Cl)cc1F. The summed E-state index contributed by atoms with van der Waals surface area (Å²) in [5.74, 6) is -0.395. The van der Waals surface area contributed by atoms with E-state index in [-0.39, 0.29) is 6.10 Å². The van der Waals surface area contributed by atoms with Crippen molar-refractivity contribution in [2.24, 2.45) is 5.73 Å². The summed E-state index contributed by atoms with van der Waals surface area (Å²) in [6.45, 7) is 1.79. The first-order chi connectivity index (χ1) is 6.56. The smallest absolute Gasteiger partial charge is 0.129 e. The fourth-order valence-electron chi connectivity index (χ4n) is 1.17. The Kier molecular flexibility index (Phi) is 3.86. The van der Waals surface area contributed by atoms with Crippen molar-refractivity contribution in [1.29, 1.82) is 0 Å². The average Bonchev–Trinajstić information content (AvgIpc) is 2.15. The third kappa shape index (κ3) is 2.44. The lowest BCUT2D eigenvalue weighted by atomic mass is 10.0. The fraction of sp³-hybridized carbons (Fsp3) is 0.400. The maximum Gasteiger partial charge on any atom is 0.129 e. The number of methoxy groups -OCH3 is 1. The molecule has 0 aromatic heterocycles. The summed E-state index contributed by atoms with van der Waals surface area (Å²) in [7, 11) is 1.54. The van der Waals surface area contributed by atoms with E-state index in [1.807, 2.05) is 0 Å². The molecule has 2 N–H and O–H groups in total. The van der Waals surface area contributed by atoms with E-state index in [0.29, 0.717) is 10.6 Å². The molecule has 78 valence electrons. The number of nitrogens with two attached hydrogens (primary N) is 1. The average molecular weight is 218 g/mol. The zero-order chi connectivity index (χ0) is 10.7. The fourth-order valence-corrected chi connectivity index (χ4v) is 1.33. The Hall–Kier alpha value is -0.640. The van der Waals surface area contributed by atoms with E-state index in [9.17, 15) is 4.39 Å². The molecule has 0 radical (unpaired) electrons. The van der Waals surface area contributed by atoms with Gasteiger partial charge in [-0.3, -0.25) is 0 Å². The molecule has 0 aliphatic rings. The van der Waals surface area contributed by atoms with E-state index in [2.05, 4.69) is 0 Å². The topological polar surface area (TPSA) is 35.2 Å². The van der Waals surface area contributed by atoms with Gasteiger partial charge in [0.05, 0.1) is 12.1 Å². The highest BCUT2D eigenvalue weighted by Crippen LogP contribution is 2.22. The summed E-state index contributed by atoms with van der Waals surface area (Å²) >= 11 is 5.62. The summed E-state index contributed by atoms with van der Waals surface area (Å²) in [4.78, 5) is 0. The summed E-state index contributed by atoms with van der Waals surface area (Å²) in [6, 6.07) is 3.97. The van der Waals surface area contributed by atoms with Crippen LogP contribution in [0.1, 0.15) is 18.5 Å². The molecule has 0 aliphatic heterocycles. The van der Waals surface area contributed by atoms with Crippen LogP contribution in [0.25, 0.3) is 0 Å². The number of halogens is 2. The van der Waals surface area contributed by atoms with Crippen LogP contribution >= 0.6 is 11.6 Å². The quantitative estimate of drug-likeness (QED) is 0.845. The molecule has 0 amide bonds. The molecule has 1 aromatic carbocycles. The number of hydrogen-bond donors (Lipinski definition) is 1. The van der Waals surface area contributed by atoms with Crippen LogP contribution in [0.4, 0.5) is 4.39 Å². The van der Waals surface area contributed by atoms with Crippen molar-refractivity contribution in [3.05, 3.63) is 34.6 Å². The number of benzene rings is 1. The number of hydrogen-bond acceptors (Lipinski definition) is 2. The minimum Gasteiger partial charge on any atom is -0.380 e. The molecule has 2 nitrogen and oxygen atoms in total. The molecule has 0 aliphatic carbocycles. The zero-order valence-electron chi connectivity index (χ0n) is 8.13. The van der Waals surface area contributed by atoms with Crippen LogP contribution in [0.3, 0.4) is 0 Å². The Morgan fingerprint density at radius 3 is 2.64 bits per heavy atom. The highest BCUT2D eigenvalue weighted by atomic mass is 35.5. The highest BCUT2D eigenvalue weighted by molar-refractivity contribution is 6.30. The Bertz CT molecular complexity index is 319. The summed E-state index contributed by atoms with van der Waals surface area (Å²) in [5.41, 5.74) is 6.21. The van der Waals surface area contributed by atoms with Gasteiger partial charge >= 0.3 is 0 Å². The van der Waals surface area contributed by atoms with Crippen molar-refractivity contribution in [3.8, 4) is 0 Å². The van der Waals surface area contributed by atoms with Crippen molar-refractivity contribution < 1.29 is 9.13 Å². The summed E-state index contributed by atoms with van der Waals surface area (Å²) in [5, 5.41) is 0.364. The molecule has 14 heavy (non-hydrogen) atoms. The number of ether oxygens (including phenoxy) is 1. The van der Waals surface area contributed by atoms with E-state index in [4.69, 9.17) is 22.1 Å². The molecule has 4 heteroatoms. The molecule has 0 fully saturated rings. The summed E-state index contributed by atoms with van der Waals surface area (Å²) < 4.78 is 18.4. The van der Waals surface area contributed by atoms with Gasteiger partial charge in [0.25, 0.3) is 0 Å². The molecule has 2 atom stereocenters. The molecular formula is C10H13ClFNO. The van der Waals surface area contributed by atoms with Crippen LogP contribution in [0.15, 0.2) is 18.2 Å². The molecule has 0 saturated heterocycles. The first-order valence-electron chi connectivity index (χ1n) is 4.29. The van der Waals surface area contributed by atoms with Gasteiger partial charge in [-0.15, -0.1) is 0 Å². The zero-order valence-corrected chi connectivity index (χ0v) is 8.88. The van der Waals surface area contributed by atoms with E-state index >= 15 is 0 Å². The number of rotatable bonds is 3. The van der Waals surface area contributed by atoms with Crippen LogP contribution in [0.2, 0.25) is 5.02 Å². The molecule has 1 aromatic rings. The normalized spacial score (nSPS) is 15.2. The lowest BCUT2D eigenvalue weighted by Gasteiger charge is -2.19. The maximum absolute atomic E-state index is 13.4. The van der Waals surface area contributed by atoms with E-state index < -0.39 is 11.9 Å². The molecular weight excluding hydrogens is 205 g/mol. The second kappa shape index (κ2) is 4.73. The minimum atomic E-state index is -0.475. The van der Waals surface area contributed by atoms with Crippen molar-refractivity contribution in [2.45, 2.75) is 19.1 Å². The van der Waals surface area contributed by atoms with E-state index in [0.717, 1.165) is 0 Å². The lowest BCUT2D eigenvalue weighted by molar-refractivity contribution is 0.0946. The Balaban J connectivity index is 2.95. The van der Waals surface area contributed by atoms with Gasteiger partial charge in [0, 0.05) is 17.7 Å². The van der Waals surface area contributed by atoms with Crippen molar-refractivity contribution in [1.82, 2.24) is 0 Å². The standard InChI is InChI=1S/C10H13ClFNO/c1-6(14-2)10(13)8-4-3-7(11)5-9(8)12/h3-6,10H,13H2,1-2H3. The van der Waals surface area contributed by atoms with Gasteiger partial charge in [-0.1, -0.05) is 17.7 Å². The minimum absolute atomic E-state index is 0.231. The van der Waals surface area contributed by atoms with E-state index in [1.54, 1.807) is 26.2 Å². The van der Waals surface area contributed by atoms with Gasteiger partial charge in [0.1, 0.15) is 5.82 Å². The monoisotopic (exact) mass is 217 g/mol. The van der Waals surface area contributed by atoms with Gasteiger partial charge in [-0.2, -0.15) is 0 Å². The predicted octanol–water partition coefficient (Wildman–Crippen LogP) is 2.51. The largest absolute Gasteiger partial charge is 0.380 e. The maximum atomic E-state index is 13.4. The van der Waals surface area contributed by atoms with Gasteiger partial charge in [-0.25, -0.2) is 4.39 Å². The molecule has 0 heterocycles. The Morgan fingerprint density at radius 2 is 2.14 bits per heavy atom.